The van der Waals surface area contributed by atoms with E-state index in [2.05, 4.69) is 17.0 Å². The van der Waals surface area contributed by atoms with Crippen LogP contribution in [-0.2, 0) is 21.1 Å². The number of alkyl halides is 1. The second-order valence-electron chi connectivity index (χ2n) is 5.22. The summed E-state index contributed by atoms with van der Waals surface area (Å²) in [4.78, 5) is 11.7. The van der Waals surface area contributed by atoms with Crippen molar-refractivity contribution >= 4 is 15.7 Å². The van der Waals surface area contributed by atoms with Crippen LogP contribution in [0.2, 0.25) is 0 Å². The van der Waals surface area contributed by atoms with E-state index in [1.807, 2.05) is 0 Å². The van der Waals surface area contributed by atoms with Crippen LogP contribution in [0.15, 0.2) is 10.6 Å². The van der Waals surface area contributed by atoms with Gasteiger partial charge in [-0.05, 0) is 32.1 Å². The third kappa shape index (κ3) is 5.04. The van der Waals surface area contributed by atoms with Gasteiger partial charge in [-0.1, -0.05) is 11.1 Å². The summed E-state index contributed by atoms with van der Waals surface area (Å²) >= 11 is 0. The molecule has 1 amide bonds. The van der Waals surface area contributed by atoms with Crippen LogP contribution in [0, 0.1) is 11.8 Å². The van der Waals surface area contributed by atoms with Gasteiger partial charge >= 0.3 is 0 Å². The average Bonchev–Trinajstić information content (AvgIpc) is 2.95. The summed E-state index contributed by atoms with van der Waals surface area (Å²) in [5.74, 6) is 4.68. The maximum Gasteiger partial charge on any atom is 0.264 e. The van der Waals surface area contributed by atoms with Gasteiger partial charge in [0.25, 0.3) is 5.91 Å². The number of hydrogen-bond acceptors (Lipinski definition) is 6. The number of aryl methyl sites for hydroxylation is 1. The lowest BCUT2D eigenvalue weighted by Crippen LogP contribution is -2.49. The molecule has 0 aliphatic rings. The Kier molecular flexibility index (Phi) is 6.72. The normalized spacial score (nSPS) is 13.7. The van der Waals surface area contributed by atoms with Gasteiger partial charge in [0.1, 0.15) is 4.75 Å². The van der Waals surface area contributed by atoms with Crippen molar-refractivity contribution in [1.82, 2.24) is 10.6 Å². The molecule has 2 N–H and O–H groups in total. The summed E-state index contributed by atoms with van der Waals surface area (Å²) < 4.78 is 38.7. The van der Waals surface area contributed by atoms with Crippen molar-refractivity contribution in [3.63, 3.8) is 0 Å². The number of nitrogens with one attached hydrogen (secondary N) is 1. The van der Waals surface area contributed by atoms with Crippen molar-refractivity contribution in [3.8, 4) is 11.8 Å². The van der Waals surface area contributed by atoms with Crippen molar-refractivity contribution in [1.29, 1.82) is 0 Å². The third-order valence-electron chi connectivity index (χ3n) is 3.46. The Balaban J connectivity index is 2.78. The number of hydrogen-bond donors (Lipinski definition) is 2. The minimum Gasteiger partial charge on any atom is -0.347 e. The molecule has 0 aromatic carbocycles. The first-order chi connectivity index (χ1) is 10.7. The van der Waals surface area contributed by atoms with Crippen LogP contribution in [0.3, 0.4) is 0 Å². The molecule has 1 aromatic heterocycles. The zero-order chi connectivity index (χ0) is 17.5. The fraction of sp³-hybridized carbons (Fsp3) is 0.571. The van der Waals surface area contributed by atoms with Crippen molar-refractivity contribution in [2.45, 2.75) is 37.4 Å². The highest BCUT2D eigenvalue weighted by Gasteiger charge is 2.43. The van der Waals surface area contributed by atoms with Gasteiger partial charge in [0.15, 0.2) is 9.84 Å². The summed E-state index contributed by atoms with van der Waals surface area (Å²) in [6, 6.07) is 1.53. The highest BCUT2D eigenvalue weighted by Crippen LogP contribution is 2.23. The minimum atomic E-state index is -3.75. The Labute approximate surface area is 134 Å². The van der Waals surface area contributed by atoms with Crippen molar-refractivity contribution in [2.75, 3.05) is 12.9 Å². The summed E-state index contributed by atoms with van der Waals surface area (Å²) in [5, 5.41) is 12.5. The van der Waals surface area contributed by atoms with Crippen molar-refractivity contribution in [3.05, 3.63) is 17.5 Å². The van der Waals surface area contributed by atoms with Crippen LogP contribution >= 0.6 is 0 Å². The topological polar surface area (TPSA) is 110 Å². The molecule has 9 heteroatoms. The lowest BCUT2D eigenvalue weighted by molar-refractivity contribution is -0.131. The first-order valence-corrected chi connectivity index (χ1v) is 8.78. The van der Waals surface area contributed by atoms with Gasteiger partial charge in [0.05, 0.1) is 12.4 Å². The molecular formula is C14H19FN2O5S. The zero-order valence-corrected chi connectivity index (χ0v) is 13.7. The van der Waals surface area contributed by atoms with Gasteiger partial charge in [0.2, 0.25) is 5.76 Å². The SMILES string of the molecule is CC(CCc1cc(C#CCCCF)on1)(C(=O)NO)S(C)(=O)=O. The summed E-state index contributed by atoms with van der Waals surface area (Å²) in [6.45, 7) is 0.791. The molecule has 0 saturated heterocycles. The van der Waals surface area contributed by atoms with Crippen LogP contribution < -0.4 is 5.48 Å². The predicted octanol–water partition coefficient (Wildman–Crippen LogP) is 1.02. The number of sulfone groups is 1. The Morgan fingerprint density at radius 2 is 2.26 bits per heavy atom. The van der Waals surface area contributed by atoms with E-state index in [0.29, 0.717) is 18.5 Å². The lowest BCUT2D eigenvalue weighted by Gasteiger charge is -2.24. The second-order valence-corrected chi connectivity index (χ2v) is 7.67. The number of carbonyl (C=O) groups is 1. The van der Waals surface area contributed by atoms with E-state index in [9.17, 15) is 17.6 Å². The molecule has 0 bridgehead atoms. The van der Waals surface area contributed by atoms with Crippen LogP contribution in [-0.4, -0.2) is 42.4 Å². The quantitative estimate of drug-likeness (QED) is 0.330. The van der Waals surface area contributed by atoms with Crippen molar-refractivity contribution < 1.29 is 27.3 Å². The fourth-order valence-electron chi connectivity index (χ4n) is 1.75. The number of unbranched alkanes of at least 4 members (excludes halogenated alkanes) is 1. The van der Waals surface area contributed by atoms with E-state index in [1.165, 1.54) is 18.5 Å². The predicted molar refractivity (Wildman–Crippen MR) is 80.1 cm³/mol. The van der Waals surface area contributed by atoms with Crippen LogP contribution in [0.1, 0.15) is 37.6 Å². The van der Waals surface area contributed by atoms with Crippen molar-refractivity contribution in [2.24, 2.45) is 0 Å². The molecule has 7 nitrogen and oxygen atoms in total. The molecule has 128 valence electrons. The van der Waals surface area contributed by atoms with Gasteiger partial charge in [-0.15, -0.1) is 0 Å². The Hall–Kier alpha value is -1.92. The highest BCUT2D eigenvalue weighted by molar-refractivity contribution is 7.92. The van der Waals surface area contributed by atoms with E-state index in [-0.39, 0.29) is 18.6 Å². The number of hydroxylamine groups is 1. The van der Waals surface area contributed by atoms with Crippen LogP contribution in [0.25, 0.3) is 0 Å². The van der Waals surface area contributed by atoms with Gasteiger partial charge in [-0.3, -0.25) is 14.4 Å². The largest absolute Gasteiger partial charge is 0.347 e. The molecule has 0 aliphatic carbocycles. The molecule has 0 radical (unpaired) electrons. The Bertz CT molecular complexity index is 704. The molecule has 1 rings (SSSR count). The maximum atomic E-state index is 11.9. The zero-order valence-electron chi connectivity index (χ0n) is 12.9. The molecule has 0 aliphatic heterocycles. The summed E-state index contributed by atoms with van der Waals surface area (Å²) in [5.41, 5.74) is 1.81. The smallest absolute Gasteiger partial charge is 0.264 e. The molecule has 1 aromatic rings. The maximum absolute atomic E-state index is 11.9. The first kappa shape index (κ1) is 19.1. The summed E-state index contributed by atoms with van der Waals surface area (Å²) in [6.07, 6.45) is 1.73. The molecular weight excluding hydrogens is 327 g/mol. The molecule has 23 heavy (non-hydrogen) atoms. The van der Waals surface area contributed by atoms with Crippen LogP contribution in [0.5, 0.6) is 0 Å². The monoisotopic (exact) mass is 346 g/mol. The molecule has 0 saturated carbocycles. The number of rotatable bonds is 7. The number of amides is 1. The molecule has 1 unspecified atom stereocenters. The first-order valence-electron chi connectivity index (χ1n) is 6.89. The molecule has 0 fully saturated rings. The van der Waals surface area contributed by atoms with E-state index in [0.717, 1.165) is 6.26 Å². The Morgan fingerprint density at radius 3 is 2.83 bits per heavy atom. The van der Waals surface area contributed by atoms with Crippen LogP contribution in [0.4, 0.5) is 4.39 Å². The molecule has 0 spiro atoms. The molecule has 1 atom stereocenters. The third-order valence-corrected chi connectivity index (χ3v) is 5.49. The fourth-order valence-corrected chi connectivity index (χ4v) is 2.60. The van der Waals surface area contributed by atoms with Gasteiger partial charge in [0, 0.05) is 18.7 Å². The highest BCUT2D eigenvalue weighted by atomic mass is 32.2. The van der Waals surface area contributed by atoms with Gasteiger partial charge in [-0.2, -0.15) is 0 Å². The lowest BCUT2D eigenvalue weighted by atomic mass is 10.0. The Morgan fingerprint density at radius 1 is 1.57 bits per heavy atom. The minimum absolute atomic E-state index is 0.0838. The van der Waals surface area contributed by atoms with E-state index in [4.69, 9.17) is 9.73 Å². The number of aromatic nitrogens is 1. The van der Waals surface area contributed by atoms with Gasteiger partial charge < -0.3 is 4.52 Å². The van der Waals surface area contributed by atoms with Gasteiger partial charge in [-0.25, -0.2) is 13.9 Å². The van der Waals surface area contributed by atoms with E-state index >= 15 is 0 Å². The number of carbonyl (C=O) groups excluding carboxylic acids is 1. The number of nitrogens with zero attached hydrogens (tertiary/aromatic N) is 1. The van der Waals surface area contributed by atoms with E-state index < -0.39 is 27.2 Å². The molecule has 1 heterocycles. The standard InChI is InChI=1S/C14H19FN2O5S/c1-14(13(18)16-19,23(2,20)21)8-7-11-10-12(22-17-11)6-4-3-5-9-15/h10,19H,3,5,7-9H2,1-2H3,(H,16,18). The van der Waals surface area contributed by atoms with E-state index in [1.54, 1.807) is 0 Å². The number of halogens is 1. The second kappa shape index (κ2) is 8.08. The average molecular weight is 346 g/mol. The summed E-state index contributed by atoms with van der Waals surface area (Å²) in [7, 11) is -3.75.